The molecule has 0 saturated heterocycles. The fourth-order valence-electron chi connectivity index (χ4n) is 2.63. The SMILES string of the molecule is Cn1cnc(NC(=O)NCCN2CCc3ccccc32)cc1=O. The molecule has 0 atom stereocenters. The van der Waals surface area contributed by atoms with E-state index in [4.69, 9.17) is 0 Å². The van der Waals surface area contributed by atoms with Gasteiger partial charge in [-0.25, -0.2) is 9.78 Å². The largest absolute Gasteiger partial charge is 0.369 e. The molecule has 2 aromatic rings. The lowest BCUT2D eigenvalue weighted by Crippen LogP contribution is -2.36. The third kappa shape index (κ3) is 3.50. The molecule has 0 radical (unpaired) electrons. The molecular weight excluding hydrogens is 294 g/mol. The van der Waals surface area contributed by atoms with Crippen LogP contribution < -0.4 is 21.1 Å². The molecule has 0 spiro atoms. The number of urea groups is 1. The van der Waals surface area contributed by atoms with Crippen LogP contribution >= 0.6 is 0 Å². The molecule has 0 saturated carbocycles. The number of nitrogens with one attached hydrogen (secondary N) is 2. The summed E-state index contributed by atoms with van der Waals surface area (Å²) in [6, 6.07) is 9.24. The Morgan fingerprint density at radius 1 is 1.35 bits per heavy atom. The molecule has 120 valence electrons. The summed E-state index contributed by atoms with van der Waals surface area (Å²) in [4.78, 5) is 29.5. The van der Waals surface area contributed by atoms with Gasteiger partial charge in [-0.1, -0.05) is 18.2 Å². The minimum atomic E-state index is -0.363. The van der Waals surface area contributed by atoms with E-state index in [1.807, 2.05) is 12.1 Å². The first kappa shape index (κ1) is 15.1. The zero-order valence-corrected chi connectivity index (χ0v) is 13.0. The quantitative estimate of drug-likeness (QED) is 0.881. The zero-order chi connectivity index (χ0) is 16.2. The zero-order valence-electron chi connectivity index (χ0n) is 13.0. The number of carbonyl (C=O) groups is 1. The van der Waals surface area contributed by atoms with Crippen LogP contribution in [-0.4, -0.2) is 35.2 Å². The van der Waals surface area contributed by atoms with Gasteiger partial charge in [-0.15, -0.1) is 0 Å². The van der Waals surface area contributed by atoms with Crippen LogP contribution in [0.25, 0.3) is 0 Å². The molecule has 7 heteroatoms. The topological polar surface area (TPSA) is 79.3 Å². The number of carbonyl (C=O) groups excluding carboxylic acids is 1. The second kappa shape index (κ2) is 6.51. The molecule has 1 aromatic heterocycles. The van der Waals surface area contributed by atoms with Gasteiger partial charge in [0.15, 0.2) is 0 Å². The molecule has 23 heavy (non-hydrogen) atoms. The Balaban J connectivity index is 1.48. The van der Waals surface area contributed by atoms with Crippen LogP contribution in [0.1, 0.15) is 5.56 Å². The van der Waals surface area contributed by atoms with E-state index in [0.29, 0.717) is 6.54 Å². The first-order valence-electron chi connectivity index (χ1n) is 7.54. The molecular formula is C16H19N5O2. The molecule has 2 heterocycles. The van der Waals surface area contributed by atoms with Crippen LogP contribution in [0, 0.1) is 0 Å². The summed E-state index contributed by atoms with van der Waals surface area (Å²) in [7, 11) is 1.60. The van der Waals surface area contributed by atoms with Crippen molar-refractivity contribution in [1.29, 1.82) is 0 Å². The van der Waals surface area contributed by atoms with Gasteiger partial charge in [0.2, 0.25) is 0 Å². The van der Waals surface area contributed by atoms with Crippen LogP contribution in [0.2, 0.25) is 0 Å². The molecule has 2 N–H and O–H groups in total. The number of hydrogen-bond acceptors (Lipinski definition) is 4. The maximum Gasteiger partial charge on any atom is 0.320 e. The van der Waals surface area contributed by atoms with Crippen LogP contribution in [0.4, 0.5) is 16.3 Å². The molecule has 3 rings (SSSR count). The lowest BCUT2D eigenvalue weighted by molar-refractivity contribution is 0.252. The number of nitrogens with zero attached hydrogens (tertiary/aromatic N) is 3. The highest BCUT2D eigenvalue weighted by molar-refractivity contribution is 5.88. The van der Waals surface area contributed by atoms with Gasteiger partial charge in [0.1, 0.15) is 5.82 Å². The van der Waals surface area contributed by atoms with Crippen LogP contribution in [0.3, 0.4) is 0 Å². The summed E-state index contributed by atoms with van der Waals surface area (Å²) in [6.45, 7) is 2.23. The molecule has 0 aliphatic carbocycles. The van der Waals surface area contributed by atoms with Crippen molar-refractivity contribution >= 4 is 17.5 Å². The maximum absolute atomic E-state index is 11.8. The van der Waals surface area contributed by atoms with Gasteiger partial charge >= 0.3 is 6.03 Å². The van der Waals surface area contributed by atoms with Gasteiger partial charge in [-0.2, -0.15) is 0 Å². The minimum Gasteiger partial charge on any atom is -0.369 e. The van der Waals surface area contributed by atoms with E-state index in [1.165, 1.54) is 28.2 Å². The Bertz CT molecular complexity index is 771. The van der Waals surface area contributed by atoms with Gasteiger partial charge in [-0.05, 0) is 18.1 Å². The van der Waals surface area contributed by atoms with Crippen LogP contribution in [0.5, 0.6) is 0 Å². The molecule has 1 aliphatic rings. The number of aromatic nitrogens is 2. The van der Waals surface area contributed by atoms with Crippen molar-refractivity contribution in [2.45, 2.75) is 6.42 Å². The van der Waals surface area contributed by atoms with Crippen molar-refractivity contribution in [2.24, 2.45) is 7.05 Å². The van der Waals surface area contributed by atoms with Crippen molar-refractivity contribution in [2.75, 3.05) is 29.9 Å². The van der Waals surface area contributed by atoms with Gasteiger partial charge < -0.3 is 14.8 Å². The Kier molecular flexibility index (Phi) is 4.27. The summed E-state index contributed by atoms with van der Waals surface area (Å²) >= 11 is 0. The minimum absolute atomic E-state index is 0.219. The first-order valence-corrected chi connectivity index (χ1v) is 7.54. The third-order valence-electron chi connectivity index (χ3n) is 3.87. The van der Waals surface area contributed by atoms with Crippen LogP contribution in [0.15, 0.2) is 41.5 Å². The fourth-order valence-corrected chi connectivity index (χ4v) is 2.63. The lowest BCUT2D eigenvalue weighted by Gasteiger charge is -2.19. The second-order valence-corrected chi connectivity index (χ2v) is 5.47. The summed E-state index contributed by atoms with van der Waals surface area (Å²) in [6.07, 6.45) is 2.42. The van der Waals surface area contributed by atoms with Crippen molar-refractivity contribution in [3.63, 3.8) is 0 Å². The van der Waals surface area contributed by atoms with Crippen LogP contribution in [-0.2, 0) is 13.5 Å². The van der Waals surface area contributed by atoms with Crippen molar-refractivity contribution < 1.29 is 4.79 Å². The summed E-state index contributed by atoms with van der Waals surface area (Å²) in [5.74, 6) is 0.247. The fraction of sp³-hybridized carbons (Fsp3) is 0.312. The number of anilines is 2. The average molecular weight is 313 g/mol. The predicted octanol–water partition coefficient (Wildman–Crippen LogP) is 0.964. The number of amides is 2. The molecule has 1 aromatic carbocycles. The lowest BCUT2D eigenvalue weighted by atomic mass is 10.2. The van der Waals surface area contributed by atoms with E-state index < -0.39 is 0 Å². The van der Waals surface area contributed by atoms with E-state index in [1.54, 1.807) is 7.05 Å². The highest BCUT2D eigenvalue weighted by Gasteiger charge is 2.17. The summed E-state index contributed by atoms with van der Waals surface area (Å²) < 4.78 is 1.34. The molecule has 0 fully saturated rings. The van der Waals surface area contributed by atoms with E-state index >= 15 is 0 Å². The van der Waals surface area contributed by atoms with E-state index in [0.717, 1.165) is 19.5 Å². The Morgan fingerprint density at radius 2 is 2.17 bits per heavy atom. The Hall–Kier alpha value is -2.83. The Labute approximate surface area is 134 Å². The number of aryl methyl sites for hydroxylation is 1. The van der Waals surface area contributed by atoms with Gasteiger partial charge in [0.25, 0.3) is 5.56 Å². The number of fused-ring (bicyclic) bond motifs is 1. The average Bonchev–Trinajstić information content (AvgIpc) is 2.94. The molecule has 2 amide bonds. The predicted molar refractivity (Wildman–Crippen MR) is 88.9 cm³/mol. The molecule has 0 unspecified atom stereocenters. The molecule has 0 bridgehead atoms. The normalized spacial score (nSPS) is 12.8. The van der Waals surface area contributed by atoms with E-state index in [-0.39, 0.29) is 17.4 Å². The van der Waals surface area contributed by atoms with Gasteiger partial charge in [0, 0.05) is 38.4 Å². The molecule has 7 nitrogen and oxygen atoms in total. The standard InChI is InChI=1S/C16H19N5O2/c1-20-11-18-14(10-15(20)22)19-16(23)17-7-9-21-8-6-12-4-2-3-5-13(12)21/h2-5,10-11H,6-9H2,1H3,(H2,17,19,23). The van der Waals surface area contributed by atoms with E-state index in [9.17, 15) is 9.59 Å². The number of rotatable bonds is 4. The van der Waals surface area contributed by atoms with Gasteiger partial charge in [0.05, 0.1) is 6.33 Å². The third-order valence-corrected chi connectivity index (χ3v) is 3.87. The van der Waals surface area contributed by atoms with Crippen molar-refractivity contribution in [1.82, 2.24) is 14.9 Å². The second-order valence-electron chi connectivity index (χ2n) is 5.47. The number of benzene rings is 1. The number of hydrogen-bond donors (Lipinski definition) is 2. The monoisotopic (exact) mass is 313 g/mol. The first-order chi connectivity index (χ1) is 11.1. The maximum atomic E-state index is 11.8. The smallest absolute Gasteiger partial charge is 0.320 e. The van der Waals surface area contributed by atoms with Gasteiger partial charge in [-0.3, -0.25) is 10.1 Å². The summed E-state index contributed by atoms with van der Waals surface area (Å²) in [5, 5.41) is 5.34. The Morgan fingerprint density at radius 3 is 3.00 bits per heavy atom. The summed E-state index contributed by atoms with van der Waals surface area (Å²) in [5.41, 5.74) is 2.37. The highest BCUT2D eigenvalue weighted by atomic mass is 16.2. The number of para-hydroxylation sites is 1. The molecule has 1 aliphatic heterocycles. The van der Waals surface area contributed by atoms with E-state index in [2.05, 4.69) is 32.7 Å². The van der Waals surface area contributed by atoms with Crippen molar-refractivity contribution in [3.8, 4) is 0 Å². The highest BCUT2D eigenvalue weighted by Crippen LogP contribution is 2.26. The van der Waals surface area contributed by atoms with Crippen molar-refractivity contribution in [3.05, 3.63) is 52.6 Å².